The predicted molar refractivity (Wildman–Crippen MR) is 164 cm³/mol. The Balaban J connectivity index is 1.60. The van der Waals surface area contributed by atoms with Crippen LogP contribution in [0.3, 0.4) is 0 Å². The number of nitro benzene ring substituents is 2. The molecule has 0 saturated carbocycles. The molecule has 0 aliphatic rings. The minimum Gasteiger partial charge on any atom is -0.322 e. The highest BCUT2D eigenvalue weighted by atomic mass is 32.2. The molecule has 2 amide bonds. The molecular weight excluding hydrogens is 648 g/mol. The van der Waals surface area contributed by atoms with Gasteiger partial charge >= 0.3 is 0 Å². The number of hydrogen-bond donors (Lipinski definition) is 4. The van der Waals surface area contributed by atoms with E-state index in [9.17, 15) is 55.8 Å². The first-order valence-corrected chi connectivity index (χ1v) is 15.4. The van der Waals surface area contributed by atoms with Crippen molar-refractivity contribution in [2.24, 2.45) is 0 Å². The lowest BCUT2D eigenvalue weighted by atomic mass is 10.1. The molecule has 0 saturated heterocycles. The van der Waals surface area contributed by atoms with Gasteiger partial charge in [0, 0.05) is 46.8 Å². The molecule has 0 spiro atoms. The maximum Gasteiger partial charge on any atom is 0.295 e. The van der Waals surface area contributed by atoms with Gasteiger partial charge in [0.25, 0.3) is 43.4 Å². The highest BCUT2D eigenvalue weighted by Crippen LogP contribution is 2.27. The second-order valence-corrected chi connectivity index (χ2v) is 12.1. The third kappa shape index (κ3) is 8.01. The zero-order chi connectivity index (χ0) is 33.8. The number of nitro groups is 2. The van der Waals surface area contributed by atoms with Gasteiger partial charge < -0.3 is 10.6 Å². The van der Waals surface area contributed by atoms with E-state index in [0.29, 0.717) is 0 Å². The molecule has 0 fully saturated rings. The van der Waals surface area contributed by atoms with Gasteiger partial charge in [-0.2, -0.15) is 16.8 Å². The Labute approximate surface area is 259 Å². The summed E-state index contributed by atoms with van der Waals surface area (Å²) in [7, 11) is -9.80. The smallest absolute Gasteiger partial charge is 0.295 e. The molecule has 4 aromatic carbocycles. The van der Waals surface area contributed by atoms with Gasteiger partial charge in [-0.3, -0.25) is 38.9 Å². The zero-order valence-electron chi connectivity index (χ0n) is 22.9. The molecule has 0 radical (unpaired) electrons. The van der Waals surface area contributed by atoms with Crippen molar-refractivity contribution in [1.29, 1.82) is 0 Å². The monoisotopic (exact) mass is 668 g/mol. The van der Waals surface area contributed by atoms with Crippen molar-refractivity contribution in [3.05, 3.63) is 127 Å². The molecule has 0 unspecified atom stereocenters. The van der Waals surface area contributed by atoms with Crippen LogP contribution in [0.1, 0.15) is 31.8 Å². The number of nitrogens with zero attached hydrogens (tertiary/aromatic N) is 2. The maximum absolute atomic E-state index is 12.6. The molecule has 4 N–H and O–H groups in total. The second kappa shape index (κ2) is 13.0. The number of anilines is 2. The van der Waals surface area contributed by atoms with E-state index in [1.807, 2.05) is 0 Å². The van der Waals surface area contributed by atoms with Crippen molar-refractivity contribution in [3.8, 4) is 0 Å². The van der Waals surface area contributed by atoms with E-state index < -0.39 is 51.7 Å². The number of non-ortho nitro benzene ring substituents is 2. The average molecular weight is 669 g/mol. The number of benzene rings is 4. The normalized spacial score (nSPS) is 11.6. The predicted octanol–water partition coefficient (Wildman–Crippen LogP) is 4.67. The number of nitrogens with one attached hydrogen (secondary N) is 2. The van der Waals surface area contributed by atoms with Crippen LogP contribution in [0.25, 0.3) is 12.2 Å². The largest absolute Gasteiger partial charge is 0.322 e. The molecule has 0 aliphatic carbocycles. The van der Waals surface area contributed by atoms with E-state index in [2.05, 4.69) is 10.6 Å². The van der Waals surface area contributed by atoms with Crippen LogP contribution < -0.4 is 10.6 Å². The fourth-order valence-electron chi connectivity index (χ4n) is 4.00. The number of amides is 2. The van der Waals surface area contributed by atoms with Gasteiger partial charge in [0.15, 0.2) is 0 Å². The lowest BCUT2D eigenvalue weighted by Crippen LogP contribution is -2.13. The summed E-state index contributed by atoms with van der Waals surface area (Å²) < 4.78 is 68.2. The van der Waals surface area contributed by atoms with Crippen LogP contribution in [0.4, 0.5) is 22.7 Å². The minimum absolute atomic E-state index is 0.0214. The molecule has 46 heavy (non-hydrogen) atoms. The van der Waals surface area contributed by atoms with E-state index in [1.165, 1.54) is 48.5 Å². The highest BCUT2D eigenvalue weighted by Gasteiger charge is 2.19. The van der Waals surface area contributed by atoms with E-state index in [1.54, 1.807) is 0 Å². The van der Waals surface area contributed by atoms with Crippen LogP contribution in [-0.2, 0) is 20.2 Å². The van der Waals surface area contributed by atoms with Crippen LogP contribution in [0, 0.1) is 20.2 Å². The minimum atomic E-state index is -4.90. The molecular formula is C28H20N4O12S2. The van der Waals surface area contributed by atoms with Crippen LogP contribution in [-0.4, -0.2) is 47.6 Å². The topological polar surface area (TPSA) is 253 Å². The molecule has 236 valence electrons. The maximum atomic E-state index is 12.6. The first kappa shape index (κ1) is 33.1. The van der Waals surface area contributed by atoms with Crippen molar-refractivity contribution in [2.45, 2.75) is 9.79 Å². The Morgan fingerprint density at radius 3 is 1.20 bits per heavy atom. The molecule has 0 heterocycles. The quantitative estimate of drug-likeness (QED) is 0.0778. The fourth-order valence-corrected chi connectivity index (χ4v) is 5.42. The molecule has 16 nitrogen and oxygen atoms in total. The third-order valence-corrected chi connectivity index (χ3v) is 8.04. The van der Waals surface area contributed by atoms with Crippen molar-refractivity contribution in [1.82, 2.24) is 0 Å². The van der Waals surface area contributed by atoms with Crippen molar-refractivity contribution < 1.29 is 45.4 Å². The molecule has 4 aromatic rings. The second-order valence-electron chi connectivity index (χ2n) is 9.30. The third-order valence-electron chi connectivity index (χ3n) is 6.22. The van der Waals surface area contributed by atoms with Crippen molar-refractivity contribution in [2.75, 3.05) is 10.6 Å². The van der Waals surface area contributed by atoms with Crippen LogP contribution in [0.2, 0.25) is 0 Å². The van der Waals surface area contributed by atoms with Gasteiger partial charge in [-0.15, -0.1) is 0 Å². The van der Waals surface area contributed by atoms with Crippen molar-refractivity contribution >= 4 is 67.0 Å². The molecule has 0 aromatic heterocycles. The summed E-state index contributed by atoms with van der Waals surface area (Å²) in [5.74, 6) is -1.48. The van der Waals surface area contributed by atoms with Gasteiger partial charge in [-0.05, 0) is 59.7 Å². The van der Waals surface area contributed by atoms with Crippen LogP contribution in [0.5, 0.6) is 0 Å². The molecule has 4 rings (SSSR count). The Bertz CT molecular complexity index is 1980. The van der Waals surface area contributed by atoms with Gasteiger partial charge in [-0.25, -0.2) is 0 Å². The van der Waals surface area contributed by atoms with Crippen molar-refractivity contribution in [3.63, 3.8) is 0 Å². The Morgan fingerprint density at radius 2 is 0.913 bits per heavy atom. The van der Waals surface area contributed by atoms with E-state index in [4.69, 9.17) is 0 Å². The number of rotatable bonds is 10. The SMILES string of the molecule is O=C(Nc1ccc(/C=C/c2ccc(NC(=O)c3ccc([N+](=O)[O-])cc3)cc2S(=O)(=O)O)c(S(=O)(=O)O)c1)c1ccc([N+](=O)[O-])cc1. The van der Waals surface area contributed by atoms with Gasteiger partial charge in [0.05, 0.1) is 9.85 Å². The first-order chi connectivity index (χ1) is 21.5. The first-order valence-electron chi connectivity index (χ1n) is 12.6. The summed E-state index contributed by atoms with van der Waals surface area (Å²) in [5, 5.41) is 26.5. The lowest BCUT2D eigenvalue weighted by molar-refractivity contribution is -0.385. The van der Waals surface area contributed by atoms with Gasteiger partial charge in [0.1, 0.15) is 9.79 Å². The molecule has 0 atom stereocenters. The molecule has 18 heteroatoms. The zero-order valence-corrected chi connectivity index (χ0v) is 24.6. The molecule has 0 aliphatic heterocycles. The van der Waals surface area contributed by atoms with Crippen LogP contribution >= 0.6 is 0 Å². The summed E-state index contributed by atoms with van der Waals surface area (Å²) >= 11 is 0. The highest BCUT2D eigenvalue weighted by molar-refractivity contribution is 7.86. The lowest BCUT2D eigenvalue weighted by Gasteiger charge is -2.10. The van der Waals surface area contributed by atoms with E-state index >= 15 is 0 Å². The Kier molecular flexibility index (Phi) is 9.38. The van der Waals surface area contributed by atoms with Crippen LogP contribution in [0.15, 0.2) is 94.7 Å². The fraction of sp³-hybridized carbons (Fsp3) is 0. The molecule has 0 bridgehead atoms. The Morgan fingerprint density at radius 1 is 0.587 bits per heavy atom. The number of carbonyl (C=O) groups is 2. The van der Waals surface area contributed by atoms with E-state index in [-0.39, 0.29) is 45.0 Å². The standard InChI is InChI=1S/C28H20N4O12S2/c33-27(19-5-11-23(12-6-19)31(35)36)29-21-9-3-17(25(15-21)45(39,40)41)1-2-18-4-10-22(16-26(18)46(42,43)44)30-28(34)20-7-13-24(14-8-20)32(37)38/h1-16H,(H,29,33)(H,30,34)(H,39,40,41)(H,42,43,44)/b2-1+. The Hall–Kier alpha value is -5.82. The summed E-state index contributed by atoms with van der Waals surface area (Å²) in [6, 6.07) is 16.0. The summed E-state index contributed by atoms with van der Waals surface area (Å²) in [6.07, 6.45) is 2.23. The number of carbonyl (C=O) groups excluding carboxylic acids is 2. The average Bonchev–Trinajstić information content (AvgIpc) is 2.99. The van der Waals surface area contributed by atoms with Gasteiger partial charge in [0.2, 0.25) is 0 Å². The number of hydrogen-bond acceptors (Lipinski definition) is 10. The summed E-state index contributed by atoms with van der Waals surface area (Å²) in [5.41, 5.74) is -0.887. The van der Waals surface area contributed by atoms with Gasteiger partial charge in [-0.1, -0.05) is 24.3 Å². The summed E-state index contributed by atoms with van der Waals surface area (Å²) in [4.78, 5) is 44.1. The summed E-state index contributed by atoms with van der Waals surface area (Å²) in [6.45, 7) is 0. The van der Waals surface area contributed by atoms with E-state index in [0.717, 1.165) is 48.6 Å².